The van der Waals surface area contributed by atoms with Crippen molar-refractivity contribution in [1.29, 1.82) is 0 Å². The lowest BCUT2D eigenvalue weighted by Gasteiger charge is -2.32. The third-order valence-electron chi connectivity index (χ3n) is 7.75. The van der Waals surface area contributed by atoms with E-state index in [-0.39, 0.29) is 41.2 Å². The number of carboxylic acids is 1. The summed E-state index contributed by atoms with van der Waals surface area (Å²) in [5, 5.41) is 16.8. The lowest BCUT2D eigenvalue weighted by molar-refractivity contribution is -0.126. The Morgan fingerprint density at radius 1 is 1.18 bits per heavy atom. The topological polar surface area (TPSA) is 130 Å². The highest BCUT2D eigenvalue weighted by Gasteiger charge is 2.33. The molecule has 10 nitrogen and oxygen atoms in total. The number of carbonyl (C=O) groups is 3. The molecule has 1 fully saturated rings. The zero-order valence-electron chi connectivity index (χ0n) is 24.1. The Kier molecular flexibility index (Phi) is 9.17. The summed E-state index contributed by atoms with van der Waals surface area (Å²) in [6.07, 6.45) is 8.05. The van der Waals surface area contributed by atoms with E-state index in [0.717, 1.165) is 42.1 Å². The van der Waals surface area contributed by atoms with Crippen LogP contribution in [0.4, 0.5) is 4.79 Å². The van der Waals surface area contributed by atoms with Gasteiger partial charge >= 0.3 is 12.0 Å². The molecule has 1 unspecified atom stereocenters. The van der Waals surface area contributed by atoms with Crippen molar-refractivity contribution < 1.29 is 23.9 Å². The monoisotopic (exact) mass is 551 g/mol. The summed E-state index contributed by atoms with van der Waals surface area (Å²) in [5.74, 6) is -1.09. The molecule has 10 heteroatoms. The Hall–Kier alpha value is -3.82. The van der Waals surface area contributed by atoms with Crippen molar-refractivity contribution in [3.05, 3.63) is 53.4 Å². The number of hydrogen-bond acceptors (Lipinski definition) is 5. The molecule has 40 heavy (non-hydrogen) atoms. The molecule has 0 aliphatic heterocycles. The number of nitrogens with one attached hydrogen (secondary N) is 2. The van der Waals surface area contributed by atoms with Crippen LogP contribution < -0.4 is 10.6 Å². The van der Waals surface area contributed by atoms with Crippen LogP contribution in [-0.4, -0.2) is 56.6 Å². The van der Waals surface area contributed by atoms with Crippen LogP contribution >= 0.6 is 0 Å². The number of likely N-dealkylation sites (N-methyl/N-ethyl adjacent to an activating group) is 1. The number of hydrogen-bond donors (Lipinski definition) is 3. The molecule has 2 atom stereocenters. The molecule has 0 saturated heterocycles. The zero-order valence-corrected chi connectivity index (χ0v) is 24.1. The minimum atomic E-state index is -1.19. The first kappa shape index (κ1) is 29.2. The molecule has 3 N–H and O–H groups in total. The summed E-state index contributed by atoms with van der Waals surface area (Å²) in [6, 6.07) is 6.33. The first-order chi connectivity index (χ1) is 19.0. The van der Waals surface area contributed by atoms with Gasteiger partial charge in [0.25, 0.3) is 0 Å². The normalized spacial score (nSPS) is 15.7. The van der Waals surface area contributed by atoms with Crippen LogP contribution in [0, 0.1) is 12.8 Å². The highest BCUT2D eigenvalue weighted by atomic mass is 16.4. The van der Waals surface area contributed by atoms with Crippen molar-refractivity contribution >= 4 is 28.8 Å². The minimum absolute atomic E-state index is 0.119. The largest absolute Gasteiger partial charge is 0.476 e. The third kappa shape index (κ3) is 6.66. The van der Waals surface area contributed by atoms with Gasteiger partial charge in [-0.05, 0) is 43.7 Å². The Morgan fingerprint density at radius 2 is 1.88 bits per heavy atom. The number of rotatable bonds is 10. The van der Waals surface area contributed by atoms with Crippen molar-refractivity contribution in [2.75, 3.05) is 7.05 Å². The van der Waals surface area contributed by atoms with Crippen LogP contribution in [0.15, 0.2) is 34.9 Å². The van der Waals surface area contributed by atoms with Gasteiger partial charge in [0, 0.05) is 43.7 Å². The molecule has 1 saturated carbocycles. The fraction of sp³-hybridized carbons (Fsp3) is 0.533. The number of aryl methyl sites for hydroxylation is 2. The van der Waals surface area contributed by atoms with E-state index in [0.29, 0.717) is 12.8 Å². The van der Waals surface area contributed by atoms with Crippen LogP contribution in [0.1, 0.15) is 86.1 Å². The van der Waals surface area contributed by atoms with Crippen LogP contribution in [0.5, 0.6) is 0 Å². The predicted octanol–water partition coefficient (Wildman–Crippen LogP) is 4.96. The summed E-state index contributed by atoms with van der Waals surface area (Å²) < 4.78 is 7.80. The number of urea groups is 1. The number of para-hydroxylation sites is 1. The molecule has 0 bridgehead atoms. The Balaban J connectivity index is 1.62. The van der Waals surface area contributed by atoms with Gasteiger partial charge in [0.15, 0.2) is 5.69 Å². The number of nitrogens with zero attached hydrogens (tertiary/aromatic N) is 3. The first-order valence-electron chi connectivity index (χ1n) is 14.1. The van der Waals surface area contributed by atoms with Gasteiger partial charge in [0.2, 0.25) is 11.8 Å². The molecule has 1 aliphatic rings. The molecule has 4 rings (SSSR count). The van der Waals surface area contributed by atoms with E-state index in [1.165, 1.54) is 11.3 Å². The van der Waals surface area contributed by atoms with E-state index in [9.17, 15) is 19.5 Å². The second-order valence-corrected chi connectivity index (χ2v) is 11.4. The average molecular weight is 552 g/mol. The van der Waals surface area contributed by atoms with E-state index in [1.54, 1.807) is 14.0 Å². The van der Waals surface area contributed by atoms with Crippen LogP contribution in [-0.2, 0) is 18.3 Å². The number of aromatic carboxylic acids is 1. The van der Waals surface area contributed by atoms with Gasteiger partial charge in [0.1, 0.15) is 17.8 Å². The summed E-state index contributed by atoms with van der Waals surface area (Å²) in [6.45, 7) is 5.57. The lowest BCUT2D eigenvalue weighted by atomic mass is 9.95. The smallest absolute Gasteiger partial charge is 0.358 e. The maximum absolute atomic E-state index is 13.9. The molecule has 0 spiro atoms. The van der Waals surface area contributed by atoms with Gasteiger partial charge in [0.05, 0.1) is 0 Å². The summed E-state index contributed by atoms with van der Waals surface area (Å²) >= 11 is 0. The second-order valence-electron chi connectivity index (χ2n) is 11.4. The molecule has 0 radical (unpaired) electrons. The van der Waals surface area contributed by atoms with Gasteiger partial charge in [-0.1, -0.05) is 51.3 Å². The third-order valence-corrected chi connectivity index (χ3v) is 7.75. The maximum Gasteiger partial charge on any atom is 0.358 e. The van der Waals surface area contributed by atoms with Crippen molar-refractivity contribution in [2.24, 2.45) is 13.0 Å². The first-order valence-corrected chi connectivity index (χ1v) is 14.1. The fourth-order valence-electron chi connectivity index (χ4n) is 5.59. The minimum Gasteiger partial charge on any atom is -0.476 e. The summed E-state index contributed by atoms with van der Waals surface area (Å²) in [5.41, 5.74) is 1.81. The van der Waals surface area contributed by atoms with E-state index >= 15 is 0 Å². The molecule has 1 aromatic carbocycles. The number of benzene rings is 1. The van der Waals surface area contributed by atoms with Gasteiger partial charge in [-0.25, -0.2) is 14.6 Å². The molecule has 1 aliphatic carbocycles. The van der Waals surface area contributed by atoms with Crippen LogP contribution in [0.3, 0.4) is 0 Å². The molecule has 3 aromatic rings. The maximum atomic E-state index is 13.9. The van der Waals surface area contributed by atoms with Crippen LogP contribution in [0.25, 0.3) is 10.9 Å². The van der Waals surface area contributed by atoms with Gasteiger partial charge in [-0.2, -0.15) is 0 Å². The van der Waals surface area contributed by atoms with Gasteiger partial charge in [-0.15, -0.1) is 0 Å². The van der Waals surface area contributed by atoms with Crippen molar-refractivity contribution in [2.45, 2.75) is 83.8 Å². The Labute approximate surface area is 235 Å². The average Bonchev–Trinajstić information content (AvgIpc) is 3.46. The molecular formula is C30H41N5O5. The second kappa shape index (κ2) is 12.6. The number of carboxylic acid groups (broad SMARTS) is 1. The SMILES string of the molecule is Cc1oc([C@@H](Cc2cn(C)c3ccccc23)NC(=O)C(CC(C)C)N(C)C(=O)NC2CCCCC2)nc1C(=O)O. The number of aromatic nitrogens is 2. The highest BCUT2D eigenvalue weighted by Crippen LogP contribution is 2.28. The van der Waals surface area contributed by atoms with E-state index in [4.69, 9.17) is 4.42 Å². The number of amides is 3. The molecule has 2 heterocycles. The number of carbonyl (C=O) groups excluding carboxylic acids is 2. The lowest BCUT2D eigenvalue weighted by Crippen LogP contribution is -2.53. The Morgan fingerprint density at radius 3 is 2.52 bits per heavy atom. The summed E-state index contributed by atoms with van der Waals surface area (Å²) in [4.78, 5) is 44.5. The standard InChI is InChI=1S/C30H41N5O5/c1-18(2)15-25(35(5)30(39)31-21-11-7-6-8-12-21)27(36)32-23(28-33-26(29(37)38)19(3)40-28)16-20-17-34(4)24-14-10-9-13-22(20)24/h9-10,13-14,17-18,21,23,25H,6-8,11-12,15-16H2,1-5H3,(H,31,39)(H,32,36)(H,37,38)/t23-,25?/m1/s1. The van der Waals surface area contributed by atoms with Gasteiger partial charge < -0.3 is 29.6 Å². The van der Waals surface area contributed by atoms with E-state index in [2.05, 4.69) is 15.6 Å². The zero-order chi connectivity index (χ0) is 29.0. The van der Waals surface area contributed by atoms with Crippen molar-refractivity contribution in [1.82, 2.24) is 25.1 Å². The van der Waals surface area contributed by atoms with Crippen molar-refractivity contribution in [3.8, 4) is 0 Å². The Bertz CT molecular complexity index is 1350. The van der Waals surface area contributed by atoms with Crippen molar-refractivity contribution in [3.63, 3.8) is 0 Å². The van der Waals surface area contributed by atoms with Gasteiger partial charge in [-0.3, -0.25) is 4.79 Å². The number of fused-ring (bicyclic) bond motifs is 1. The fourth-order valence-corrected chi connectivity index (χ4v) is 5.59. The highest BCUT2D eigenvalue weighted by molar-refractivity contribution is 5.88. The molecule has 3 amide bonds. The van der Waals surface area contributed by atoms with E-state index in [1.807, 2.05) is 55.9 Å². The quantitative estimate of drug-likeness (QED) is 0.327. The number of oxazole rings is 1. The molecular weight excluding hydrogens is 510 g/mol. The predicted molar refractivity (Wildman–Crippen MR) is 152 cm³/mol. The molecule has 2 aromatic heterocycles. The van der Waals surface area contributed by atoms with E-state index < -0.39 is 18.1 Å². The van der Waals surface area contributed by atoms with Crippen LogP contribution in [0.2, 0.25) is 0 Å². The summed E-state index contributed by atoms with van der Waals surface area (Å²) in [7, 11) is 3.61. The molecule has 216 valence electrons.